The van der Waals surface area contributed by atoms with Crippen molar-refractivity contribution in [2.75, 3.05) is 13.1 Å². The molecule has 1 aliphatic rings. The van der Waals surface area contributed by atoms with E-state index >= 15 is 0 Å². The van der Waals surface area contributed by atoms with Gasteiger partial charge in [0.2, 0.25) is 0 Å². The Morgan fingerprint density at radius 3 is 2.75 bits per heavy atom. The second kappa shape index (κ2) is 5.21. The molecule has 1 aromatic carbocycles. The third-order valence-corrected chi connectivity index (χ3v) is 3.04. The van der Waals surface area contributed by atoms with Crippen molar-refractivity contribution in [3.8, 4) is 0 Å². The van der Waals surface area contributed by atoms with Gasteiger partial charge in [0.15, 0.2) is 0 Å². The minimum atomic E-state index is -0.254. The maximum atomic E-state index is 12.7. The number of rotatable bonds is 3. The van der Waals surface area contributed by atoms with Gasteiger partial charge in [0.05, 0.1) is 0 Å². The van der Waals surface area contributed by atoms with Crippen LogP contribution in [-0.2, 0) is 11.2 Å². The van der Waals surface area contributed by atoms with Gasteiger partial charge in [-0.05, 0) is 37.1 Å². The minimum Gasteiger partial charge on any atom is -0.316 e. The van der Waals surface area contributed by atoms with Gasteiger partial charge in [-0.1, -0.05) is 12.1 Å². The molecule has 0 aromatic heterocycles. The van der Waals surface area contributed by atoms with E-state index in [9.17, 15) is 9.18 Å². The number of benzene rings is 1. The van der Waals surface area contributed by atoms with Gasteiger partial charge >= 0.3 is 0 Å². The average molecular weight is 221 g/mol. The lowest BCUT2D eigenvalue weighted by Crippen LogP contribution is -2.35. The molecule has 0 bridgehead atoms. The molecule has 16 heavy (non-hydrogen) atoms. The second-order valence-corrected chi connectivity index (χ2v) is 4.31. The van der Waals surface area contributed by atoms with Crippen LogP contribution in [0.5, 0.6) is 0 Å². The van der Waals surface area contributed by atoms with E-state index in [0.29, 0.717) is 6.42 Å². The zero-order chi connectivity index (χ0) is 11.4. The van der Waals surface area contributed by atoms with Gasteiger partial charge < -0.3 is 5.32 Å². The zero-order valence-electron chi connectivity index (χ0n) is 9.21. The Kier molecular flexibility index (Phi) is 3.67. The molecule has 3 heteroatoms. The van der Waals surface area contributed by atoms with E-state index in [1.165, 1.54) is 12.1 Å². The highest BCUT2D eigenvalue weighted by molar-refractivity contribution is 5.83. The largest absolute Gasteiger partial charge is 0.316 e. The summed E-state index contributed by atoms with van der Waals surface area (Å²) in [7, 11) is 0. The van der Waals surface area contributed by atoms with Crippen LogP contribution in [0.15, 0.2) is 24.3 Å². The fraction of sp³-hybridized carbons (Fsp3) is 0.462. The van der Waals surface area contributed by atoms with Gasteiger partial charge in [0.25, 0.3) is 0 Å². The van der Waals surface area contributed by atoms with E-state index in [0.717, 1.165) is 31.5 Å². The molecule has 0 spiro atoms. The van der Waals surface area contributed by atoms with E-state index in [2.05, 4.69) is 5.32 Å². The summed E-state index contributed by atoms with van der Waals surface area (Å²) in [6.45, 7) is 1.81. The molecule has 1 N–H and O–H groups in total. The van der Waals surface area contributed by atoms with Crippen molar-refractivity contribution < 1.29 is 9.18 Å². The van der Waals surface area contributed by atoms with Crippen molar-refractivity contribution in [1.29, 1.82) is 0 Å². The first-order chi connectivity index (χ1) is 7.75. The highest BCUT2D eigenvalue weighted by atomic mass is 19.1. The molecule has 0 saturated carbocycles. The summed E-state index contributed by atoms with van der Waals surface area (Å²) in [6.07, 6.45) is 2.47. The summed E-state index contributed by atoms with van der Waals surface area (Å²) in [5.74, 6) is 0.146. The van der Waals surface area contributed by atoms with Gasteiger partial charge in [-0.3, -0.25) is 4.79 Å². The first kappa shape index (κ1) is 11.3. The number of piperidine rings is 1. The van der Waals surface area contributed by atoms with E-state index in [-0.39, 0.29) is 17.5 Å². The van der Waals surface area contributed by atoms with Gasteiger partial charge in [-0.25, -0.2) is 4.39 Å². The Hall–Kier alpha value is -1.22. The van der Waals surface area contributed by atoms with Crippen LogP contribution >= 0.6 is 0 Å². The SMILES string of the molecule is O=C(Cc1ccc(F)cc1)C1CCCNC1. The van der Waals surface area contributed by atoms with Gasteiger partial charge in [0, 0.05) is 18.9 Å². The van der Waals surface area contributed by atoms with Crippen molar-refractivity contribution in [2.24, 2.45) is 5.92 Å². The number of Topliss-reactive ketones (excluding diaryl/α,β-unsaturated/α-hetero) is 1. The van der Waals surface area contributed by atoms with E-state index in [1.54, 1.807) is 12.1 Å². The maximum absolute atomic E-state index is 12.7. The van der Waals surface area contributed by atoms with Crippen LogP contribution in [0.1, 0.15) is 18.4 Å². The van der Waals surface area contributed by atoms with Crippen molar-refractivity contribution in [2.45, 2.75) is 19.3 Å². The highest BCUT2D eigenvalue weighted by Gasteiger charge is 2.20. The van der Waals surface area contributed by atoms with Gasteiger partial charge in [0.1, 0.15) is 11.6 Å². The molecule has 1 unspecified atom stereocenters. The summed E-state index contributed by atoms with van der Waals surface area (Å²) in [5, 5.41) is 3.23. The molecule has 0 radical (unpaired) electrons. The number of carbonyl (C=O) groups is 1. The lowest BCUT2D eigenvalue weighted by atomic mass is 9.91. The van der Waals surface area contributed by atoms with Crippen LogP contribution in [0.3, 0.4) is 0 Å². The fourth-order valence-electron chi connectivity index (χ4n) is 2.07. The topological polar surface area (TPSA) is 29.1 Å². The number of carbonyl (C=O) groups excluding carboxylic acids is 1. The van der Waals surface area contributed by atoms with Gasteiger partial charge in [-0.15, -0.1) is 0 Å². The van der Waals surface area contributed by atoms with Crippen LogP contribution in [0.2, 0.25) is 0 Å². The molecule has 1 fully saturated rings. The molecule has 86 valence electrons. The number of ketones is 1. The summed E-state index contributed by atoms with van der Waals surface area (Å²) < 4.78 is 12.7. The minimum absolute atomic E-state index is 0.138. The van der Waals surface area contributed by atoms with E-state index in [4.69, 9.17) is 0 Å². The predicted molar refractivity (Wildman–Crippen MR) is 60.7 cm³/mol. The lowest BCUT2D eigenvalue weighted by Gasteiger charge is -2.21. The smallest absolute Gasteiger partial charge is 0.141 e. The molecule has 2 nitrogen and oxygen atoms in total. The third-order valence-electron chi connectivity index (χ3n) is 3.04. The second-order valence-electron chi connectivity index (χ2n) is 4.31. The third kappa shape index (κ3) is 2.89. The molecule has 1 aliphatic heterocycles. The van der Waals surface area contributed by atoms with Crippen LogP contribution in [0.4, 0.5) is 4.39 Å². The first-order valence-electron chi connectivity index (χ1n) is 5.73. The van der Waals surface area contributed by atoms with Crippen LogP contribution in [0, 0.1) is 11.7 Å². The van der Waals surface area contributed by atoms with E-state index in [1.807, 2.05) is 0 Å². The zero-order valence-corrected chi connectivity index (χ0v) is 9.21. The first-order valence-corrected chi connectivity index (χ1v) is 5.73. The number of hydrogen-bond acceptors (Lipinski definition) is 2. The molecule has 2 rings (SSSR count). The average Bonchev–Trinajstić information content (AvgIpc) is 2.33. The Bertz CT molecular complexity index is 355. The number of hydrogen-bond donors (Lipinski definition) is 1. The molecule has 0 amide bonds. The monoisotopic (exact) mass is 221 g/mol. The maximum Gasteiger partial charge on any atom is 0.141 e. The number of halogens is 1. The van der Waals surface area contributed by atoms with Crippen molar-refractivity contribution in [3.05, 3.63) is 35.6 Å². The van der Waals surface area contributed by atoms with Crippen LogP contribution in [-0.4, -0.2) is 18.9 Å². The van der Waals surface area contributed by atoms with Gasteiger partial charge in [-0.2, -0.15) is 0 Å². The highest BCUT2D eigenvalue weighted by Crippen LogP contribution is 2.14. The molecule has 1 heterocycles. The summed E-state index contributed by atoms with van der Waals surface area (Å²) in [4.78, 5) is 11.9. The van der Waals surface area contributed by atoms with Crippen LogP contribution in [0.25, 0.3) is 0 Å². The van der Waals surface area contributed by atoms with Crippen molar-refractivity contribution >= 4 is 5.78 Å². The lowest BCUT2D eigenvalue weighted by molar-refractivity contribution is -0.122. The molecule has 1 atom stereocenters. The Morgan fingerprint density at radius 1 is 1.38 bits per heavy atom. The van der Waals surface area contributed by atoms with Crippen molar-refractivity contribution in [3.63, 3.8) is 0 Å². The molecular weight excluding hydrogens is 205 g/mol. The molecular formula is C13H16FNO. The Morgan fingerprint density at radius 2 is 2.12 bits per heavy atom. The summed E-state index contributed by atoms with van der Waals surface area (Å²) in [5.41, 5.74) is 0.900. The summed E-state index contributed by atoms with van der Waals surface area (Å²) >= 11 is 0. The normalized spacial score (nSPS) is 20.7. The Labute approximate surface area is 94.9 Å². The standard InChI is InChI=1S/C13H16FNO/c14-12-5-3-10(4-6-12)8-13(16)11-2-1-7-15-9-11/h3-6,11,15H,1-2,7-9H2. The van der Waals surface area contributed by atoms with Crippen LogP contribution < -0.4 is 5.32 Å². The molecule has 1 saturated heterocycles. The molecule has 0 aliphatic carbocycles. The summed E-state index contributed by atoms with van der Waals surface area (Å²) in [6, 6.07) is 6.18. The number of nitrogens with one attached hydrogen (secondary N) is 1. The quantitative estimate of drug-likeness (QED) is 0.845. The predicted octanol–water partition coefficient (Wildman–Crippen LogP) is 1.94. The fourth-order valence-corrected chi connectivity index (χ4v) is 2.07. The molecule has 1 aromatic rings. The van der Waals surface area contributed by atoms with E-state index < -0.39 is 0 Å². The Balaban J connectivity index is 1.93. The van der Waals surface area contributed by atoms with Crippen molar-refractivity contribution in [1.82, 2.24) is 5.32 Å².